The van der Waals surface area contributed by atoms with Crippen LogP contribution in [0.2, 0.25) is 0 Å². The van der Waals surface area contributed by atoms with E-state index < -0.39 is 0 Å². The van der Waals surface area contributed by atoms with E-state index in [9.17, 15) is 4.79 Å². The number of benzene rings is 2. The Kier molecular flexibility index (Phi) is 10.3. The number of carbonyl (C=O) groups is 1. The van der Waals surface area contributed by atoms with Gasteiger partial charge < -0.3 is 9.64 Å². The average Bonchev–Trinajstić information content (AvgIpc) is 3.79. The van der Waals surface area contributed by atoms with Gasteiger partial charge in [-0.2, -0.15) is 0 Å². The number of aryl methyl sites for hydroxylation is 1. The molecule has 3 fully saturated rings. The van der Waals surface area contributed by atoms with Crippen LogP contribution < -0.4 is 10.2 Å². The fourth-order valence-corrected chi connectivity index (χ4v) is 8.34. The van der Waals surface area contributed by atoms with E-state index in [4.69, 9.17) is 14.6 Å². The molecule has 1 heterocycles. The third-order valence-corrected chi connectivity index (χ3v) is 11.3. The van der Waals surface area contributed by atoms with Gasteiger partial charge in [0.15, 0.2) is 0 Å². The van der Waals surface area contributed by atoms with Crippen molar-refractivity contribution in [3.8, 4) is 16.2 Å². The summed E-state index contributed by atoms with van der Waals surface area (Å²) >= 11 is 1.81. The van der Waals surface area contributed by atoms with Crippen LogP contribution >= 0.6 is 11.3 Å². The summed E-state index contributed by atoms with van der Waals surface area (Å²) in [5.74, 6) is 3.02. The van der Waals surface area contributed by atoms with Crippen molar-refractivity contribution in [1.29, 1.82) is 0 Å². The monoisotopic (exact) mass is 615 g/mol. The quantitative estimate of drug-likeness (QED) is 0.207. The molecule has 1 unspecified atom stereocenters. The van der Waals surface area contributed by atoms with Crippen molar-refractivity contribution in [2.45, 2.75) is 95.5 Å². The van der Waals surface area contributed by atoms with Crippen molar-refractivity contribution in [3.05, 3.63) is 70.4 Å². The zero-order chi connectivity index (χ0) is 30.5. The number of methoxy groups -OCH3 is 1. The maximum absolute atomic E-state index is 13.0. The predicted molar refractivity (Wildman–Crippen MR) is 178 cm³/mol. The van der Waals surface area contributed by atoms with Crippen molar-refractivity contribution in [2.24, 2.45) is 11.8 Å². The minimum absolute atomic E-state index is 0.0390. The Labute approximate surface area is 267 Å². The summed E-state index contributed by atoms with van der Waals surface area (Å²) in [4.78, 5) is 27.6. The number of likely N-dealkylation sites (N-methyl/N-ethyl adjacent to an activating group) is 1. The molecule has 3 saturated carbocycles. The lowest BCUT2D eigenvalue weighted by Gasteiger charge is -2.33. The highest BCUT2D eigenvalue weighted by Crippen LogP contribution is 2.44. The second-order valence-electron chi connectivity index (χ2n) is 13.5. The number of nitrogens with one attached hydrogen (secondary N) is 1. The van der Waals surface area contributed by atoms with Crippen LogP contribution in [-0.4, -0.2) is 43.0 Å². The van der Waals surface area contributed by atoms with Crippen LogP contribution in [0.3, 0.4) is 0 Å². The van der Waals surface area contributed by atoms with Crippen LogP contribution in [0.15, 0.2) is 48.7 Å². The van der Waals surface area contributed by atoms with E-state index in [0.29, 0.717) is 17.8 Å². The Morgan fingerprint density at radius 2 is 1.77 bits per heavy atom. The van der Waals surface area contributed by atoms with Gasteiger partial charge in [-0.15, -0.1) is 11.3 Å². The molecule has 0 spiro atoms. The van der Waals surface area contributed by atoms with Gasteiger partial charge in [0.25, 0.3) is 0 Å². The molecule has 236 valence electrons. The summed E-state index contributed by atoms with van der Waals surface area (Å²) in [7, 11) is 3.94. The molecule has 6 nitrogen and oxygen atoms in total. The minimum atomic E-state index is -0.248. The number of hydrogen-bond acceptors (Lipinski definition) is 6. The fourth-order valence-electron chi connectivity index (χ4n) is 7.25. The molecule has 1 amide bonds. The van der Waals surface area contributed by atoms with E-state index in [2.05, 4.69) is 66.8 Å². The lowest BCUT2D eigenvalue weighted by Crippen LogP contribution is -2.37. The molecular weight excluding hydrogens is 566 g/mol. The highest BCUT2D eigenvalue weighted by Gasteiger charge is 2.28. The minimum Gasteiger partial charge on any atom is -0.496 e. The largest absolute Gasteiger partial charge is 0.496 e. The van der Waals surface area contributed by atoms with Crippen LogP contribution in [0.1, 0.15) is 110 Å². The predicted octanol–water partition coefficient (Wildman–Crippen LogP) is 8.58. The number of amides is 1. The number of ether oxygens (including phenoxy) is 1. The van der Waals surface area contributed by atoms with Crippen LogP contribution in [0.4, 0.5) is 0 Å². The molecule has 0 bridgehead atoms. The third kappa shape index (κ3) is 7.91. The number of rotatable bonds is 12. The van der Waals surface area contributed by atoms with E-state index >= 15 is 0 Å². The smallest absolute Gasteiger partial charge is 0.246 e. The summed E-state index contributed by atoms with van der Waals surface area (Å²) in [6.07, 6.45) is 14.6. The van der Waals surface area contributed by atoms with E-state index in [1.54, 1.807) is 7.11 Å². The highest BCUT2D eigenvalue weighted by atomic mass is 32.1. The van der Waals surface area contributed by atoms with Gasteiger partial charge in [-0.05, 0) is 112 Å². The van der Waals surface area contributed by atoms with Gasteiger partial charge in [0, 0.05) is 31.1 Å². The number of aromatic nitrogens is 1. The first-order valence-electron chi connectivity index (χ1n) is 16.8. The Morgan fingerprint density at radius 3 is 2.50 bits per heavy atom. The van der Waals surface area contributed by atoms with E-state index in [0.717, 1.165) is 50.1 Å². The zero-order valence-electron chi connectivity index (χ0n) is 26.7. The average molecular weight is 616 g/mol. The van der Waals surface area contributed by atoms with Gasteiger partial charge in [-0.3, -0.25) is 9.63 Å². The van der Waals surface area contributed by atoms with Crippen LogP contribution in [0.5, 0.6) is 5.75 Å². The van der Waals surface area contributed by atoms with Gasteiger partial charge in [-0.1, -0.05) is 49.6 Å². The van der Waals surface area contributed by atoms with Crippen LogP contribution in [0, 0.1) is 18.8 Å². The topological polar surface area (TPSA) is 63.7 Å². The zero-order valence-corrected chi connectivity index (χ0v) is 27.5. The Bertz CT molecular complexity index is 1390. The summed E-state index contributed by atoms with van der Waals surface area (Å²) in [5.41, 5.74) is 7.83. The van der Waals surface area contributed by atoms with Crippen molar-refractivity contribution in [2.75, 3.05) is 27.2 Å². The Morgan fingerprint density at radius 1 is 1.00 bits per heavy atom. The summed E-state index contributed by atoms with van der Waals surface area (Å²) in [6.45, 7) is 3.89. The van der Waals surface area contributed by atoms with E-state index in [1.165, 1.54) is 71.5 Å². The third-order valence-electron chi connectivity index (χ3n) is 10.1. The second kappa shape index (κ2) is 14.6. The molecule has 44 heavy (non-hydrogen) atoms. The number of thiazole rings is 1. The van der Waals surface area contributed by atoms with Crippen LogP contribution in [-0.2, 0) is 9.63 Å². The second-order valence-corrected chi connectivity index (χ2v) is 14.6. The highest BCUT2D eigenvalue weighted by molar-refractivity contribution is 7.15. The van der Waals surface area contributed by atoms with Crippen molar-refractivity contribution >= 4 is 17.2 Å². The maximum atomic E-state index is 13.0. The van der Waals surface area contributed by atoms with Gasteiger partial charge in [-0.25, -0.2) is 10.5 Å². The number of carbonyl (C=O) groups excluding carboxylic acids is 1. The summed E-state index contributed by atoms with van der Waals surface area (Å²) < 4.78 is 5.47. The molecule has 3 aliphatic rings. The molecule has 6 rings (SSSR count). The van der Waals surface area contributed by atoms with Gasteiger partial charge in [0.1, 0.15) is 11.9 Å². The van der Waals surface area contributed by atoms with Crippen LogP contribution in [0.25, 0.3) is 10.4 Å². The first-order valence-corrected chi connectivity index (χ1v) is 17.6. The summed E-state index contributed by atoms with van der Waals surface area (Å²) in [6, 6.07) is 15.3. The molecule has 7 heteroatoms. The molecule has 1 N–H and O–H groups in total. The van der Waals surface area contributed by atoms with Gasteiger partial charge in [0.2, 0.25) is 5.91 Å². The van der Waals surface area contributed by atoms with E-state index in [-0.39, 0.29) is 17.9 Å². The molecule has 3 aromatic rings. The van der Waals surface area contributed by atoms with Gasteiger partial charge >= 0.3 is 0 Å². The standard InChI is InChI=1S/C37H49N3O3S/c1-25-20-30(18-19-33(25)42-3)27-14-12-26(13-15-27)23-40(2)24-34(43-39-36(41)28-8-5-4-6-9-28)31-10-7-11-32(21-31)35-22-38-37(44-35)29-16-17-29/h7,10-11,18-22,26-29,34H,4-6,8-9,12-17,23-24H2,1-3H3,(H,39,41). The van der Waals surface area contributed by atoms with Crippen molar-refractivity contribution in [1.82, 2.24) is 15.4 Å². The molecule has 0 radical (unpaired) electrons. The first kappa shape index (κ1) is 31.3. The Hall–Kier alpha value is -2.74. The number of hydroxylamine groups is 1. The van der Waals surface area contributed by atoms with E-state index in [1.807, 2.05) is 17.5 Å². The SMILES string of the molecule is COc1ccc(C2CCC(CN(C)CC(ONC(=O)C3CCCCC3)c3cccc(-c4cnc(C5CC5)s4)c3)CC2)cc1C. The molecule has 2 aromatic carbocycles. The lowest BCUT2D eigenvalue weighted by molar-refractivity contribution is -0.145. The summed E-state index contributed by atoms with van der Waals surface area (Å²) in [5, 5.41) is 1.26. The molecule has 1 aromatic heterocycles. The fraction of sp³-hybridized carbons (Fsp3) is 0.568. The molecular formula is C37H49N3O3S. The van der Waals surface area contributed by atoms with Gasteiger partial charge in [0.05, 0.1) is 17.0 Å². The molecule has 0 saturated heterocycles. The molecule has 1 atom stereocenters. The number of hydrogen-bond donors (Lipinski definition) is 1. The first-order chi connectivity index (χ1) is 21.5. The number of nitrogens with zero attached hydrogens (tertiary/aromatic N) is 2. The normalized spacial score (nSPS) is 21.7. The molecule has 0 aliphatic heterocycles. The van der Waals surface area contributed by atoms with Crippen molar-refractivity contribution < 1.29 is 14.4 Å². The lowest BCUT2D eigenvalue weighted by atomic mass is 9.78. The molecule has 3 aliphatic carbocycles. The maximum Gasteiger partial charge on any atom is 0.246 e. The Balaban J connectivity index is 1.09. The van der Waals surface area contributed by atoms with Crippen molar-refractivity contribution in [3.63, 3.8) is 0 Å².